The summed E-state index contributed by atoms with van der Waals surface area (Å²) in [6, 6.07) is 0. The molecule has 0 aromatic carbocycles. The Balaban J connectivity index is 3.11. The summed E-state index contributed by atoms with van der Waals surface area (Å²) in [5.74, 6) is 0. The Hall–Kier alpha value is -0.570. The fraction of sp³-hybridized carbons (Fsp3) is 0.667. The molecule has 0 aliphatic carbocycles. The van der Waals surface area contributed by atoms with Gasteiger partial charge >= 0.3 is 0 Å². The van der Waals surface area contributed by atoms with Crippen molar-refractivity contribution in [3.8, 4) is 0 Å². The lowest BCUT2D eigenvalue weighted by Gasteiger charge is -2.14. The molecule has 0 radical (unpaired) electrons. The summed E-state index contributed by atoms with van der Waals surface area (Å²) in [5, 5.41) is 1.49. The van der Waals surface area contributed by atoms with Gasteiger partial charge < -0.3 is 4.90 Å². The van der Waals surface area contributed by atoms with E-state index >= 15 is 0 Å². The topological polar surface area (TPSA) is 16.1 Å². The number of thiazole rings is 1. The van der Waals surface area contributed by atoms with Crippen LogP contribution in [-0.4, -0.2) is 19.1 Å². The first-order valence-corrected chi connectivity index (χ1v) is 4.79. The van der Waals surface area contributed by atoms with Crippen molar-refractivity contribution >= 4 is 16.5 Å². The Bertz CT molecular complexity index is 299. The number of rotatable bonds is 1. The molecule has 0 amide bonds. The molecule has 1 aromatic heterocycles. The van der Waals surface area contributed by atoms with E-state index in [0.29, 0.717) is 5.36 Å². The zero-order valence-corrected chi connectivity index (χ0v) is 9.12. The molecule has 0 aliphatic rings. The minimum Gasteiger partial charge on any atom is -0.354 e. The highest BCUT2D eigenvalue weighted by Gasteiger charge is 2.17. The molecule has 0 bridgehead atoms. The van der Waals surface area contributed by atoms with E-state index in [1.165, 1.54) is 11.3 Å². The van der Waals surface area contributed by atoms with Gasteiger partial charge in [-0.05, 0) is 0 Å². The van der Waals surface area contributed by atoms with Crippen LogP contribution in [-0.2, 0) is 5.41 Å². The van der Waals surface area contributed by atoms with Gasteiger partial charge in [0.15, 0.2) is 5.13 Å². The SMILES string of the molecule is [2H]c1sc(N(C)C)nc1C(C)(C)C. The van der Waals surface area contributed by atoms with Crippen LogP contribution in [0.5, 0.6) is 0 Å². The van der Waals surface area contributed by atoms with Crippen LogP contribution in [0.15, 0.2) is 5.36 Å². The molecule has 2 nitrogen and oxygen atoms in total. The van der Waals surface area contributed by atoms with Crippen molar-refractivity contribution in [3.05, 3.63) is 11.1 Å². The standard InChI is InChI=1S/C9H16N2S/c1-9(2,3)7-6-12-8(10-7)11(4)5/h6H,1-5H3/i6D. The van der Waals surface area contributed by atoms with Gasteiger partial charge in [-0.1, -0.05) is 20.8 Å². The third-order valence-corrected chi connectivity index (χ3v) is 2.47. The highest BCUT2D eigenvalue weighted by Crippen LogP contribution is 2.27. The second kappa shape index (κ2) is 3.05. The summed E-state index contributed by atoms with van der Waals surface area (Å²) in [5.41, 5.74) is 0.864. The molecule has 1 rings (SSSR count). The first-order valence-electron chi connectivity index (χ1n) is 4.47. The zero-order valence-electron chi connectivity index (χ0n) is 9.30. The van der Waals surface area contributed by atoms with Gasteiger partial charge in [0.1, 0.15) is 0 Å². The summed E-state index contributed by atoms with van der Waals surface area (Å²) in [7, 11) is 3.90. The van der Waals surface area contributed by atoms with E-state index in [1.54, 1.807) is 0 Å². The van der Waals surface area contributed by atoms with Crippen LogP contribution < -0.4 is 4.90 Å². The average molecular weight is 185 g/mol. The Morgan fingerprint density at radius 2 is 2.08 bits per heavy atom. The number of anilines is 1. The highest BCUT2D eigenvalue weighted by molar-refractivity contribution is 7.13. The van der Waals surface area contributed by atoms with E-state index in [0.717, 1.165) is 10.8 Å². The van der Waals surface area contributed by atoms with Gasteiger partial charge in [0.05, 0.1) is 7.06 Å². The molecule has 3 heteroatoms. The largest absolute Gasteiger partial charge is 0.354 e. The van der Waals surface area contributed by atoms with Crippen molar-refractivity contribution in [2.24, 2.45) is 0 Å². The zero-order chi connectivity index (χ0) is 10.2. The van der Waals surface area contributed by atoms with E-state index < -0.39 is 0 Å². The quantitative estimate of drug-likeness (QED) is 0.668. The molecule has 0 saturated carbocycles. The Morgan fingerprint density at radius 1 is 1.50 bits per heavy atom. The van der Waals surface area contributed by atoms with Crippen LogP contribution in [0.4, 0.5) is 5.13 Å². The van der Waals surface area contributed by atoms with Crippen LogP contribution in [0.2, 0.25) is 0 Å². The van der Waals surface area contributed by atoms with Gasteiger partial charge in [0.2, 0.25) is 0 Å². The van der Waals surface area contributed by atoms with Crippen LogP contribution in [0.1, 0.15) is 27.8 Å². The van der Waals surface area contributed by atoms with Crippen molar-refractivity contribution in [2.45, 2.75) is 26.2 Å². The first kappa shape index (κ1) is 8.05. The molecule has 0 aliphatic heterocycles. The molecule has 0 unspecified atom stereocenters. The minimum atomic E-state index is -0.0259. The van der Waals surface area contributed by atoms with Gasteiger partial charge in [0.25, 0.3) is 0 Å². The maximum Gasteiger partial charge on any atom is 0.184 e. The second-order valence-corrected chi connectivity index (χ2v) is 4.86. The van der Waals surface area contributed by atoms with Gasteiger partial charge in [-0.3, -0.25) is 0 Å². The highest BCUT2D eigenvalue weighted by atomic mass is 32.1. The van der Waals surface area contributed by atoms with Crippen LogP contribution in [0, 0.1) is 0 Å². The van der Waals surface area contributed by atoms with Crippen molar-refractivity contribution in [1.82, 2.24) is 4.98 Å². The fourth-order valence-corrected chi connectivity index (χ4v) is 1.61. The molecule has 0 fully saturated rings. The molecular weight excluding hydrogens is 168 g/mol. The predicted molar refractivity (Wildman–Crippen MR) is 55.1 cm³/mol. The average Bonchev–Trinajstić information content (AvgIpc) is 2.29. The predicted octanol–water partition coefficient (Wildman–Crippen LogP) is 2.51. The van der Waals surface area contributed by atoms with Gasteiger partial charge in [-0.2, -0.15) is 0 Å². The van der Waals surface area contributed by atoms with Crippen molar-refractivity contribution in [3.63, 3.8) is 0 Å². The summed E-state index contributed by atoms with van der Waals surface area (Å²) >= 11 is 1.43. The summed E-state index contributed by atoms with van der Waals surface area (Å²) in [4.78, 5) is 6.38. The molecule has 0 atom stereocenters. The second-order valence-electron chi connectivity index (χ2n) is 4.09. The minimum absolute atomic E-state index is 0.0259. The first-order chi connectivity index (χ1) is 5.82. The lowest BCUT2D eigenvalue weighted by atomic mass is 9.93. The fourth-order valence-electron chi connectivity index (χ4n) is 0.747. The lowest BCUT2D eigenvalue weighted by Crippen LogP contribution is -2.13. The third-order valence-electron chi connectivity index (χ3n) is 1.54. The van der Waals surface area contributed by atoms with Crippen molar-refractivity contribution < 1.29 is 1.37 Å². The van der Waals surface area contributed by atoms with E-state index in [9.17, 15) is 0 Å². The van der Waals surface area contributed by atoms with Crippen LogP contribution in [0.25, 0.3) is 0 Å². The molecule has 0 N–H and O–H groups in total. The maximum absolute atomic E-state index is 7.77. The van der Waals surface area contributed by atoms with Crippen molar-refractivity contribution in [1.29, 1.82) is 0 Å². The smallest absolute Gasteiger partial charge is 0.184 e. The molecular formula is C9H16N2S. The Morgan fingerprint density at radius 3 is 2.33 bits per heavy atom. The van der Waals surface area contributed by atoms with E-state index in [-0.39, 0.29) is 5.41 Å². The normalized spacial score (nSPS) is 12.9. The van der Waals surface area contributed by atoms with Gasteiger partial charge in [0, 0.05) is 24.9 Å². The monoisotopic (exact) mass is 185 g/mol. The molecule has 12 heavy (non-hydrogen) atoms. The van der Waals surface area contributed by atoms with E-state index in [2.05, 4.69) is 25.8 Å². The van der Waals surface area contributed by atoms with Gasteiger partial charge in [-0.15, -0.1) is 11.3 Å². The number of hydrogen-bond acceptors (Lipinski definition) is 3. The molecule has 0 saturated heterocycles. The summed E-state index contributed by atoms with van der Waals surface area (Å²) < 4.78 is 7.77. The van der Waals surface area contributed by atoms with E-state index in [4.69, 9.17) is 1.37 Å². The van der Waals surface area contributed by atoms with E-state index in [1.807, 2.05) is 19.0 Å². The number of aromatic nitrogens is 1. The van der Waals surface area contributed by atoms with Crippen LogP contribution >= 0.6 is 11.3 Å². The molecule has 1 aromatic rings. The Kier molecular flexibility index (Phi) is 2.05. The lowest BCUT2D eigenvalue weighted by molar-refractivity contribution is 0.573. The maximum atomic E-state index is 7.77. The molecule has 68 valence electrons. The van der Waals surface area contributed by atoms with Crippen LogP contribution in [0.3, 0.4) is 0 Å². The van der Waals surface area contributed by atoms with Gasteiger partial charge in [-0.25, -0.2) is 4.98 Å². The molecule has 0 spiro atoms. The number of hydrogen-bond donors (Lipinski definition) is 0. The Labute approximate surface area is 79.6 Å². The summed E-state index contributed by atoms with van der Waals surface area (Å²) in [6.07, 6.45) is 0. The number of nitrogens with zero attached hydrogens (tertiary/aromatic N) is 2. The molecule has 1 heterocycles. The summed E-state index contributed by atoms with van der Waals surface area (Å²) in [6.45, 7) is 6.25. The third kappa shape index (κ3) is 1.97. The van der Waals surface area contributed by atoms with Crippen molar-refractivity contribution in [2.75, 3.05) is 19.0 Å².